The van der Waals surface area contributed by atoms with Crippen LogP contribution in [-0.4, -0.2) is 36.3 Å². The molecular weight excluding hydrogens is 170 g/mol. The van der Waals surface area contributed by atoms with Gasteiger partial charge in [-0.15, -0.1) is 0 Å². The molecule has 5 nitrogen and oxygen atoms in total. The minimum Gasteiger partial charge on any atom is -0.369 e. The van der Waals surface area contributed by atoms with E-state index in [-0.39, 0.29) is 18.4 Å². The predicted molar refractivity (Wildman–Crippen MR) is 47.6 cm³/mol. The summed E-state index contributed by atoms with van der Waals surface area (Å²) in [6.45, 7) is 3.27. The number of primary amides is 2. The Morgan fingerprint density at radius 3 is 2.46 bits per heavy atom. The average Bonchev–Trinajstić information content (AvgIpc) is 2.32. The van der Waals surface area contributed by atoms with Crippen LogP contribution in [0.4, 0.5) is 0 Å². The van der Waals surface area contributed by atoms with E-state index in [4.69, 9.17) is 11.5 Å². The normalized spacial score (nSPS) is 29.0. The summed E-state index contributed by atoms with van der Waals surface area (Å²) < 4.78 is 0. The molecule has 0 spiro atoms. The van der Waals surface area contributed by atoms with Crippen LogP contribution < -0.4 is 11.5 Å². The fourth-order valence-corrected chi connectivity index (χ4v) is 1.61. The van der Waals surface area contributed by atoms with Gasteiger partial charge in [0.15, 0.2) is 0 Å². The Morgan fingerprint density at radius 1 is 1.46 bits per heavy atom. The van der Waals surface area contributed by atoms with Crippen molar-refractivity contribution in [1.82, 2.24) is 4.90 Å². The molecule has 0 aromatic heterocycles. The maximum Gasteiger partial charge on any atom is 0.231 e. The molecular formula is C8H15N3O2. The Labute approximate surface area is 77.1 Å². The summed E-state index contributed by atoms with van der Waals surface area (Å²) in [7, 11) is 0. The monoisotopic (exact) mass is 185 g/mol. The van der Waals surface area contributed by atoms with Gasteiger partial charge in [-0.05, 0) is 19.9 Å². The summed E-state index contributed by atoms with van der Waals surface area (Å²) in [5.41, 5.74) is 9.79. The smallest absolute Gasteiger partial charge is 0.231 e. The summed E-state index contributed by atoms with van der Waals surface area (Å²) in [6.07, 6.45) is 0.704. The standard InChI is InChI=1S/C8H15N3O2/c1-8(7(10)13)2-3-11(5-8)4-6(9)12/h2-5H2,1H3,(H2,9,12)(H2,10,13). The SMILES string of the molecule is CC1(C(N)=O)CCN(CC(N)=O)C1. The van der Waals surface area contributed by atoms with E-state index in [0.29, 0.717) is 19.5 Å². The quantitative estimate of drug-likeness (QED) is 0.570. The first kappa shape index (κ1) is 9.98. The van der Waals surface area contributed by atoms with Crippen molar-refractivity contribution in [2.75, 3.05) is 19.6 Å². The largest absolute Gasteiger partial charge is 0.369 e. The number of nitrogens with two attached hydrogens (primary N) is 2. The minimum absolute atomic E-state index is 0.211. The van der Waals surface area contributed by atoms with Crippen LogP contribution >= 0.6 is 0 Å². The van der Waals surface area contributed by atoms with Gasteiger partial charge in [-0.25, -0.2) is 0 Å². The van der Waals surface area contributed by atoms with E-state index < -0.39 is 5.41 Å². The number of amides is 2. The Hall–Kier alpha value is -1.10. The lowest BCUT2D eigenvalue weighted by Gasteiger charge is -2.19. The highest BCUT2D eigenvalue weighted by molar-refractivity contribution is 5.81. The molecule has 0 aromatic carbocycles. The van der Waals surface area contributed by atoms with Crippen molar-refractivity contribution in [1.29, 1.82) is 0 Å². The van der Waals surface area contributed by atoms with Gasteiger partial charge < -0.3 is 11.5 Å². The first-order chi connectivity index (χ1) is 5.94. The summed E-state index contributed by atoms with van der Waals surface area (Å²) >= 11 is 0. The molecule has 5 heteroatoms. The average molecular weight is 185 g/mol. The third-order valence-electron chi connectivity index (χ3n) is 2.53. The third kappa shape index (κ3) is 2.18. The van der Waals surface area contributed by atoms with E-state index in [1.54, 1.807) is 0 Å². The first-order valence-corrected chi connectivity index (χ1v) is 4.24. The van der Waals surface area contributed by atoms with Crippen LogP contribution in [0.1, 0.15) is 13.3 Å². The number of hydrogen-bond acceptors (Lipinski definition) is 3. The van der Waals surface area contributed by atoms with Crippen LogP contribution in [0.3, 0.4) is 0 Å². The second-order valence-electron chi connectivity index (χ2n) is 3.85. The summed E-state index contributed by atoms with van der Waals surface area (Å²) in [5, 5.41) is 0. The van der Waals surface area contributed by atoms with E-state index in [1.807, 2.05) is 11.8 Å². The number of hydrogen-bond donors (Lipinski definition) is 2. The van der Waals surface area contributed by atoms with Crippen molar-refractivity contribution in [3.05, 3.63) is 0 Å². The zero-order valence-electron chi connectivity index (χ0n) is 7.75. The van der Waals surface area contributed by atoms with E-state index in [2.05, 4.69) is 0 Å². The highest BCUT2D eigenvalue weighted by Crippen LogP contribution is 2.28. The van der Waals surface area contributed by atoms with Crippen LogP contribution in [0.5, 0.6) is 0 Å². The molecule has 0 saturated carbocycles. The lowest BCUT2D eigenvalue weighted by molar-refractivity contribution is -0.126. The second-order valence-corrected chi connectivity index (χ2v) is 3.85. The number of carbonyl (C=O) groups is 2. The topological polar surface area (TPSA) is 89.4 Å². The molecule has 1 aliphatic rings. The Balaban J connectivity index is 2.53. The van der Waals surface area contributed by atoms with E-state index in [0.717, 1.165) is 0 Å². The maximum atomic E-state index is 11.0. The van der Waals surface area contributed by atoms with Gasteiger partial charge in [-0.2, -0.15) is 0 Å². The van der Waals surface area contributed by atoms with Gasteiger partial charge in [-0.1, -0.05) is 0 Å². The Morgan fingerprint density at radius 2 is 2.08 bits per heavy atom. The molecule has 1 heterocycles. The van der Waals surface area contributed by atoms with Crippen LogP contribution in [0.2, 0.25) is 0 Å². The van der Waals surface area contributed by atoms with Crippen molar-refractivity contribution in [3.63, 3.8) is 0 Å². The van der Waals surface area contributed by atoms with Crippen LogP contribution in [0.15, 0.2) is 0 Å². The summed E-state index contributed by atoms with van der Waals surface area (Å²) in [6, 6.07) is 0. The molecule has 1 saturated heterocycles. The Bertz CT molecular complexity index is 242. The lowest BCUT2D eigenvalue weighted by atomic mass is 9.89. The van der Waals surface area contributed by atoms with E-state index in [9.17, 15) is 9.59 Å². The van der Waals surface area contributed by atoms with Gasteiger partial charge in [-0.3, -0.25) is 14.5 Å². The fraction of sp³-hybridized carbons (Fsp3) is 0.750. The molecule has 2 amide bonds. The van der Waals surface area contributed by atoms with Crippen molar-refractivity contribution < 1.29 is 9.59 Å². The number of carbonyl (C=O) groups excluding carboxylic acids is 2. The van der Waals surface area contributed by atoms with Crippen molar-refractivity contribution in [2.24, 2.45) is 16.9 Å². The van der Waals surface area contributed by atoms with Gasteiger partial charge in [0.2, 0.25) is 11.8 Å². The van der Waals surface area contributed by atoms with Crippen molar-refractivity contribution in [2.45, 2.75) is 13.3 Å². The van der Waals surface area contributed by atoms with Crippen molar-refractivity contribution in [3.8, 4) is 0 Å². The molecule has 13 heavy (non-hydrogen) atoms. The van der Waals surface area contributed by atoms with Gasteiger partial charge in [0.1, 0.15) is 0 Å². The summed E-state index contributed by atoms with van der Waals surface area (Å²) in [4.78, 5) is 23.5. The van der Waals surface area contributed by atoms with Crippen LogP contribution in [-0.2, 0) is 9.59 Å². The highest BCUT2D eigenvalue weighted by atomic mass is 16.2. The third-order valence-corrected chi connectivity index (χ3v) is 2.53. The molecule has 0 radical (unpaired) electrons. The van der Waals surface area contributed by atoms with Gasteiger partial charge in [0.05, 0.1) is 12.0 Å². The molecule has 74 valence electrons. The van der Waals surface area contributed by atoms with Gasteiger partial charge in [0, 0.05) is 6.54 Å². The van der Waals surface area contributed by atoms with E-state index in [1.165, 1.54) is 0 Å². The number of likely N-dealkylation sites (tertiary alicyclic amines) is 1. The first-order valence-electron chi connectivity index (χ1n) is 4.24. The maximum absolute atomic E-state index is 11.0. The van der Waals surface area contributed by atoms with E-state index >= 15 is 0 Å². The minimum atomic E-state index is -0.491. The van der Waals surface area contributed by atoms with Crippen LogP contribution in [0, 0.1) is 5.41 Å². The number of nitrogens with zero attached hydrogens (tertiary/aromatic N) is 1. The van der Waals surface area contributed by atoms with Gasteiger partial charge >= 0.3 is 0 Å². The molecule has 1 aliphatic heterocycles. The summed E-state index contributed by atoms with van der Waals surface area (Å²) in [5.74, 6) is -0.673. The van der Waals surface area contributed by atoms with Crippen molar-refractivity contribution >= 4 is 11.8 Å². The van der Waals surface area contributed by atoms with Gasteiger partial charge in [0.25, 0.3) is 0 Å². The fourth-order valence-electron chi connectivity index (χ4n) is 1.61. The zero-order chi connectivity index (χ0) is 10.1. The van der Waals surface area contributed by atoms with Crippen LogP contribution in [0.25, 0.3) is 0 Å². The molecule has 1 atom stereocenters. The molecule has 1 fully saturated rings. The highest BCUT2D eigenvalue weighted by Gasteiger charge is 2.38. The molecule has 0 aromatic rings. The molecule has 0 aliphatic carbocycles. The Kier molecular flexibility index (Phi) is 2.56. The predicted octanol–water partition coefficient (Wildman–Crippen LogP) is -1.33. The molecule has 1 unspecified atom stereocenters. The molecule has 4 N–H and O–H groups in total. The molecule has 1 rings (SSSR count). The lowest BCUT2D eigenvalue weighted by Crippen LogP contribution is -2.39. The zero-order valence-corrected chi connectivity index (χ0v) is 7.75. The second kappa shape index (κ2) is 3.33. The number of rotatable bonds is 3. The molecule has 0 bridgehead atoms.